The summed E-state index contributed by atoms with van der Waals surface area (Å²) in [5.41, 5.74) is 2.87. The standard InChI is InChI=1S/C18H25FN4O2/c1-12-15(13(2)25-22-12)8-9-21-18(20-3)23(4)11-14-6-7-17(24-5)16(19)10-14/h6-7,10H,8-9,11H2,1-5H3,(H,20,21). The van der Waals surface area contributed by atoms with Crippen LogP contribution >= 0.6 is 0 Å². The molecule has 1 aromatic heterocycles. The van der Waals surface area contributed by atoms with Gasteiger partial charge in [-0.05, 0) is 38.0 Å². The first-order valence-electron chi connectivity index (χ1n) is 8.12. The van der Waals surface area contributed by atoms with Crippen LogP contribution in [0.3, 0.4) is 0 Å². The smallest absolute Gasteiger partial charge is 0.193 e. The van der Waals surface area contributed by atoms with E-state index in [2.05, 4.69) is 15.5 Å². The van der Waals surface area contributed by atoms with Crippen molar-refractivity contribution in [2.75, 3.05) is 27.7 Å². The number of ether oxygens (including phenoxy) is 1. The third-order valence-electron chi connectivity index (χ3n) is 4.05. The average Bonchev–Trinajstić information content (AvgIpc) is 2.90. The van der Waals surface area contributed by atoms with Crippen molar-refractivity contribution in [3.63, 3.8) is 0 Å². The number of hydrogen-bond acceptors (Lipinski definition) is 4. The molecule has 0 spiro atoms. The fourth-order valence-corrected chi connectivity index (χ4v) is 2.70. The zero-order valence-corrected chi connectivity index (χ0v) is 15.4. The number of aryl methyl sites for hydroxylation is 2. The third kappa shape index (κ3) is 4.71. The van der Waals surface area contributed by atoms with Gasteiger partial charge in [0, 0.05) is 32.7 Å². The van der Waals surface area contributed by atoms with Crippen molar-refractivity contribution in [2.24, 2.45) is 4.99 Å². The van der Waals surface area contributed by atoms with E-state index in [0.29, 0.717) is 13.1 Å². The summed E-state index contributed by atoms with van der Waals surface area (Å²) in [5.74, 6) is 1.46. The second kappa shape index (κ2) is 8.50. The van der Waals surface area contributed by atoms with Gasteiger partial charge in [-0.3, -0.25) is 4.99 Å². The van der Waals surface area contributed by atoms with Gasteiger partial charge in [-0.15, -0.1) is 0 Å². The molecular formula is C18H25FN4O2. The van der Waals surface area contributed by atoms with Gasteiger partial charge in [0.1, 0.15) is 5.76 Å². The van der Waals surface area contributed by atoms with Crippen LogP contribution in [0.4, 0.5) is 4.39 Å². The predicted molar refractivity (Wildman–Crippen MR) is 95.5 cm³/mol. The van der Waals surface area contributed by atoms with Gasteiger partial charge in [0.15, 0.2) is 17.5 Å². The minimum atomic E-state index is -0.366. The molecule has 1 heterocycles. The zero-order valence-electron chi connectivity index (χ0n) is 15.4. The van der Waals surface area contributed by atoms with Crippen molar-refractivity contribution in [3.8, 4) is 5.75 Å². The summed E-state index contributed by atoms with van der Waals surface area (Å²) in [6.45, 7) is 5.09. The van der Waals surface area contributed by atoms with E-state index in [1.54, 1.807) is 13.1 Å². The number of benzene rings is 1. The van der Waals surface area contributed by atoms with Crippen LogP contribution in [-0.2, 0) is 13.0 Å². The summed E-state index contributed by atoms with van der Waals surface area (Å²) in [6.07, 6.45) is 0.797. The van der Waals surface area contributed by atoms with Crippen molar-refractivity contribution in [2.45, 2.75) is 26.8 Å². The van der Waals surface area contributed by atoms with Crippen molar-refractivity contribution in [1.29, 1.82) is 0 Å². The number of nitrogens with zero attached hydrogens (tertiary/aromatic N) is 3. The van der Waals surface area contributed by atoms with Gasteiger partial charge in [0.05, 0.1) is 12.8 Å². The van der Waals surface area contributed by atoms with Gasteiger partial charge in [-0.2, -0.15) is 0 Å². The predicted octanol–water partition coefficient (Wildman–Crippen LogP) is 2.69. The van der Waals surface area contributed by atoms with Crippen molar-refractivity contribution < 1.29 is 13.7 Å². The quantitative estimate of drug-likeness (QED) is 0.642. The Morgan fingerprint density at radius 1 is 1.40 bits per heavy atom. The first-order chi connectivity index (χ1) is 12.0. The number of aromatic nitrogens is 1. The largest absolute Gasteiger partial charge is 0.494 e. The average molecular weight is 348 g/mol. The third-order valence-corrected chi connectivity index (χ3v) is 4.05. The molecule has 0 saturated heterocycles. The molecule has 1 N–H and O–H groups in total. The maximum atomic E-state index is 13.8. The van der Waals surface area contributed by atoms with Crippen LogP contribution in [0.15, 0.2) is 27.7 Å². The first-order valence-corrected chi connectivity index (χ1v) is 8.12. The number of guanidine groups is 1. The Balaban J connectivity index is 1.92. The number of hydrogen-bond donors (Lipinski definition) is 1. The lowest BCUT2D eigenvalue weighted by molar-refractivity contribution is 0.385. The van der Waals surface area contributed by atoms with Crippen LogP contribution in [0.5, 0.6) is 5.75 Å². The monoisotopic (exact) mass is 348 g/mol. The van der Waals surface area contributed by atoms with E-state index in [0.717, 1.165) is 35.0 Å². The summed E-state index contributed by atoms with van der Waals surface area (Å²) < 4.78 is 23.9. The molecule has 1 aromatic carbocycles. The molecule has 0 aliphatic rings. The molecule has 0 amide bonds. The van der Waals surface area contributed by atoms with Gasteiger partial charge in [-0.1, -0.05) is 11.2 Å². The van der Waals surface area contributed by atoms with Crippen LogP contribution in [0, 0.1) is 19.7 Å². The van der Waals surface area contributed by atoms with Crippen molar-refractivity contribution in [1.82, 2.24) is 15.4 Å². The maximum absolute atomic E-state index is 13.8. The molecule has 0 aliphatic heterocycles. The molecule has 136 valence electrons. The molecule has 0 radical (unpaired) electrons. The van der Waals surface area contributed by atoms with Gasteiger partial charge in [0.2, 0.25) is 0 Å². The van der Waals surface area contributed by atoms with E-state index in [-0.39, 0.29) is 11.6 Å². The minimum Gasteiger partial charge on any atom is -0.494 e. The highest BCUT2D eigenvalue weighted by Crippen LogP contribution is 2.18. The van der Waals surface area contributed by atoms with Gasteiger partial charge >= 0.3 is 0 Å². The molecule has 2 aromatic rings. The molecule has 0 aliphatic carbocycles. The number of rotatable bonds is 6. The van der Waals surface area contributed by atoms with Crippen molar-refractivity contribution >= 4 is 5.96 Å². The molecule has 7 heteroatoms. The molecule has 25 heavy (non-hydrogen) atoms. The van der Waals surface area contributed by atoms with E-state index in [1.165, 1.54) is 13.2 Å². The molecular weight excluding hydrogens is 323 g/mol. The second-order valence-corrected chi connectivity index (χ2v) is 5.85. The van der Waals surface area contributed by atoms with E-state index in [9.17, 15) is 4.39 Å². The highest BCUT2D eigenvalue weighted by atomic mass is 19.1. The molecule has 0 unspecified atom stereocenters. The number of methoxy groups -OCH3 is 1. The van der Waals surface area contributed by atoms with E-state index >= 15 is 0 Å². The highest BCUT2D eigenvalue weighted by Gasteiger charge is 2.11. The van der Waals surface area contributed by atoms with E-state index in [1.807, 2.05) is 31.9 Å². The minimum absolute atomic E-state index is 0.244. The summed E-state index contributed by atoms with van der Waals surface area (Å²) >= 11 is 0. The van der Waals surface area contributed by atoms with Crippen LogP contribution in [-0.4, -0.2) is 43.8 Å². The second-order valence-electron chi connectivity index (χ2n) is 5.85. The Hall–Kier alpha value is -2.57. The molecule has 0 fully saturated rings. The molecule has 2 rings (SSSR count). The van der Waals surface area contributed by atoms with Crippen LogP contribution in [0.2, 0.25) is 0 Å². The maximum Gasteiger partial charge on any atom is 0.193 e. The van der Waals surface area contributed by atoms with Crippen LogP contribution < -0.4 is 10.1 Å². The molecule has 0 atom stereocenters. The number of nitrogens with one attached hydrogen (secondary N) is 1. The zero-order chi connectivity index (χ0) is 18.4. The summed E-state index contributed by atoms with van der Waals surface area (Å²) in [6, 6.07) is 4.95. The van der Waals surface area contributed by atoms with Crippen LogP contribution in [0.25, 0.3) is 0 Å². The van der Waals surface area contributed by atoms with Crippen LogP contribution in [0.1, 0.15) is 22.6 Å². The van der Waals surface area contributed by atoms with Crippen molar-refractivity contribution in [3.05, 3.63) is 46.6 Å². The Morgan fingerprint density at radius 2 is 2.16 bits per heavy atom. The summed E-state index contributed by atoms with van der Waals surface area (Å²) in [4.78, 5) is 6.22. The lowest BCUT2D eigenvalue weighted by Crippen LogP contribution is -2.39. The van der Waals surface area contributed by atoms with Gasteiger partial charge in [-0.25, -0.2) is 4.39 Å². The van der Waals surface area contributed by atoms with E-state index in [4.69, 9.17) is 9.26 Å². The fraction of sp³-hybridized carbons (Fsp3) is 0.444. The Kier molecular flexibility index (Phi) is 6.38. The van der Waals surface area contributed by atoms with E-state index < -0.39 is 0 Å². The number of aliphatic imine (C=N–C) groups is 1. The lowest BCUT2D eigenvalue weighted by Gasteiger charge is -2.22. The molecule has 0 saturated carbocycles. The lowest BCUT2D eigenvalue weighted by atomic mass is 10.1. The Bertz CT molecular complexity index is 723. The Labute approximate surface area is 147 Å². The molecule has 0 bridgehead atoms. The topological polar surface area (TPSA) is 62.9 Å². The summed E-state index contributed by atoms with van der Waals surface area (Å²) in [7, 11) is 5.09. The SMILES string of the molecule is CN=C(NCCc1c(C)noc1C)N(C)Cc1ccc(OC)c(F)c1. The Morgan fingerprint density at radius 3 is 2.72 bits per heavy atom. The fourth-order valence-electron chi connectivity index (χ4n) is 2.70. The summed E-state index contributed by atoms with van der Waals surface area (Å²) in [5, 5.41) is 7.27. The number of halogens is 1. The normalized spacial score (nSPS) is 11.5. The first kappa shape index (κ1) is 18.8. The van der Waals surface area contributed by atoms with Gasteiger partial charge < -0.3 is 19.5 Å². The highest BCUT2D eigenvalue weighted by molar-refractivity contribution is 5.79. The molecule has 6 nitrogen and oxygen atoms in total. The van der Waals surface area contributed by atoms with Gasteiger partial charge in [0.25, 0.3) is 0 Å².